The molecule has 2 aromatic rings. The molecule has 11 N–H and O–H groups in total. The molecule has 39 heavy (non-hydrogen) atoms. The number of aliphatic hydroxyl groups excluding tert-OH is 1. The van der Waals surface area contributed by atoms with E-state index in [0.29, 0.717) is 11.1 Å². The number of nitrogens with two attached hydrogens (primary N) is 2. The van der Waals surface area contributed by atoms with E-state index < -0.39 is 66.8 Å². The van der Waals surface area contributed by atoms with Crippen molar-refractivity contribution < 1.29 is 44.4 Å². The molecule has 2 aromatic carbocycles. The molecule has 0 radical (unpaired) electrons. The molecule has 0 saturated carbocycles. The number of primary amides is 1. The van der Waals surface area contributed by atoms with E-state index in [1.165, 1.54) is 36.4 Å². The maximum absolute atomic E-state index is 12.8. The van der Waals surface area contributed by atoms with Gasteiger partial charge < -0.3 is 47.8 Å². The fraction of sp³-hybridized carbons (Fsp3) is 0.320. The van der Waals surface area contributed by atoms with E-state index >= 15 is 0 Å². The van der Waals surface area contributed by atoms with Crippen molar-refractivity contribution in [3.8, 4) is 11.5 Å². The molecule has 0 aromatic heterocycles. The van der Waals surface area contributed by atoms with Gasteiger partial charge >= 0.3 is 5.97 Å². The summed E-state index contributed by atoms with van der Waals surface area (Å²) in [5, 5.41) is 44.6. The van der Waals surface area contributed by atoms with Crippen LogP contribution in [-0.2, 0) is 36.8 Å². The molecular formula is C25H31N5O9. The Hall–Kier alpha value is -4.69. The third-order valence-electron chi connectivity index (χ3n) is 5.57. The Morgan fingerprint density at radius 2 is 1.13 bits per heavy atom. The zero-order chi connectivity index (χ0) is 29.1. The van der Waals surface area contributed by atoms with Gasteiger partial charge in [-0.1, -0.05) is 24.3 Å². The number of carbonyl (C=O) groups is 5. The van der Waals surface area contributed by atoms with Crippen molar-refractivity contribution in [1.29, 1.82) is 0 Å². The molecule has 0 aliphatic rings. The molecule has 0 bridgehead atoms. The van der Waals surface area contributed by atoms with Crippen LogP contribution in [0.5, 0.6) is 11.5 Å². The molecule has 14 nitrogen and oxygen atoms in total. The highest BCUT2D eigenvalue weighted by Gasteiger charge is 2.31. The molecule has 2 rings (SSSR count). The van der Waals surface area contributed by atoms with Crippen LogP contribution in [0, 0.1) is 0 Å². The SMILES string of the molecule is NC(=O)CC(NC(=O)C(N)Cc1ccc(O)cc1)C(=O)NC(CO)C(=O)NC(Cc1ccc(O)cc1)C(=O)O. The Kier molecular flexibility index (Phi) is 11.2. The Morgan fingerprint density at radius 3 is 1.59 bits per heavy atom. The second kappa shape index (κ2) is 14.3. The lowest BCUT2D eigenvalue weighted by molar-refractivity contribution is -0.142. The number of aliphatic carboxylic acids is 1. The van der Waals surface area contributed by atoms with Gasteiger partial charge in [0, 0.05) is 6.42 Å². The van der Waals surface area contributed by atoms with E-state index in [2.05, 4.69) is 16.0 Å². The largest absolute Gasteiger partial charge is 0.508 e. The third kappa shape index (κ3) is 9.94. The molecule has 0 heterocycles. The highest BCUT2D eigenvalue weighted by Crippen LogP contribution is 2.12. The van der Waals surface area contributed by atoms with Gasteiger partial charge in [0.15, 0.2) is 0 Å². The van der Waals surface area contributed by atoms with Crippen molar-refractivity contribution in [2.24, 2.45) is 11.5 Å². The quantitative estimate of drug-likeness (QED) is 0.122. The van der Waals surface area contributed by atoms with Gasteiger partial charge in [0.05, 0.1) is 19.1 Å². The highest BCUT2D eigenvalue weighted by atomic mass is 16.4. The summed E-state index contributed by atoms with van der Waals surface area (Å²) in [7, 11) is 0. The van der Waals surface area contributed by atoms with Crippen molar-refractivity contribution in [2.75, 3.05) is 6.61 Å². The molecular weight excluding hydrogens is 514 g/mol. The summed E-state index contributed by atoms with van der Waals surface area (Å²) in [5.74, 6) is -5.24. The predicted octanol–water partition coefficient (Wildman–Crippen LogP) is -2.38. The number of aliphatic hydroxyl groups is 1. The first-order valence-electron chi connectivity index (χ1n) is 11.7. The monoisotopic (exact) mass is 545 g/mol. The van der Waals surface area contributed by atoms with Crippen LogP contribution < -0.4 is 27.4 Å². The number of phenols is 2. The lowest BCUT2D eigenvalue weighted by atomic mass is 10.0. The van der Waals surface area contributed by atoms with Crippen LogP contribution in [-0.4, -0.2) is 80.8 Å². The normalized spacial score (nSPS) is 13.8. The van der Waals surface area contributed by atoms with Gasteiger partial charge in [0.1, 0.15) is 29.6 Å². The van der Waals surface area contributed by atoms with E-state index in [9.17, 15) is 44.4 Å². The molecule has 14 heteroatoms. The molecule has 4 atom stereocenters. The smallest absolute Gasteiger partial charge is 0.326 e. The Balaban J connectivity index is 2.05. The average Bonchev–Trinajstić information content (AvgIpc) is 2.88. The van der Waals surface area contributed by atoms with Crippen LogP contribution in [0.4, 0.5) is 0 Å². The van der Waals surface area contributed by atoms with Gasteiger partial charge in [-0.05, 0) is 41.8 Å². The lowest BCUT2D eigenvalue weighted by Gasteiger charge is -2.24. The van der Waals surface area contributed by atoms with Gasteiger partial charge in [0.25, 0.3) is 0 Å². The molecule has 4 amide bonds. The number of carboxylic acids is 1. The summed E-state index contributed by atoms with van der Waals surface area (Å²) in [4.78, 5) is 61.3. The van der Waals surface area contributed by atoms with Crippen LogP contribution >= 0.6 is 0 Å². The molecule has 210 valence electrons. The number of carbonyl (C=O) groups excluding carboxylic acids is 4. The van der Waals surface area contributed by atoms with Crippen molar-refractivity contribution in [1.82, 2.24) is 16.0 Å². The minimum Gasteiger partial charge on any atom is -0.508 e. The standard InChI is InChI=1S/C25H31N5O9/c26-17(9-13-1-5-15(32)6-2-13)22(35)28-18(11-21(27)34)23(36)30-20(12-31)24(37)29-19(25(38)39)10-14-3-7-16(33)8-4-14/h1-8,17-20,31-33H,9-12,26H2,(H2,27,34)(H,28,35)(H,29,37)(H,30,36)(H,38,39). The van der Waals surface area contributed by atoms with Gasteiger partial charge in [0.2, 0.25) is 23.6 Å². The van der Waals surface area contributed by atoms with Gasteiger partial charge in [-0.25, -0.2) is 4.79 Å². The number of nitrogens with one attached hydrogen (secondary N) is 3. The van der Waals surface area contributed by atoms with Gasteiger partial charge in [-0.2, -0.15) is 0 Å². The highest BCUT2D eigenvalue weighted by molar-refractivity contribution is 5.96. The van der Waals surface area contributed by atoms with Gasteiger partial charge in [-0.15, -0.1) is 0 Å². The summed E-state index contributed by atoms with van der Waals surface area (Å²) in [6.07, 6.45) is -0.773. The molecule has 0 fully saturated rings. The zero-order valence-corrected chi connectivity index (χ0v) is 20.7. The topological polar surface area (TPSA) is 254 Å². The zero-order valence-electron chi connectivity index (χ0n) is 20.7. The number of hydrogen-bond donors (Lipinski definition) is 9. The van der Waals surface area contributed by atoms with E-state index in [-0.39, 0.29) is 24.3 Å². The fourth-order valence-corrected chi connectivity index (χ4v) is 3.47. The predicted molar refractivity (Wildman–Crippen MR) is 136 cm³/mol. The summed E-state index contributed by atoms with van der Waals surface area (Å²) < 4.78 is 0. The van der Waals surface area contributed by atoms with Crippen molar-refractivity contribution in [3.05, 3.63) is 59.7 Å². The first-order valence-corrected chi connectivity index (χ1v) is 11.7. The van der Waals surface area contributed by atoms with Crippen LogP contribution in [0.25, 0.3) is 0 Å². The van der Waals surface area contributed by atoms with E-state index in [0.717, 1.165) is 0 Å². The fourth-order valence-electron chi connectivity index (χ4n) is 3.47. The van der Waals surface area contributed by atoms with Gasteiger partial charge in [-0.3, -0.25) is 19.2 Å². The number of rotatable bonds is 14. The van der Waals surface area contributed by atoms with Crippen LogP contribution in [0.1, 0.15) is 17.5 Å². The minimum absolute atomic E-state index is 0.0208. The number of hydrogen-bond acceptors (Lipinski definition) is 9. The Bertz CT molecular complexity index is 1170. The van der Waals surface area contributed by atoms with Crippen LogP contribution in [0.2, 0.25) is 0 Å². The first kappa shape index (κ1) is 30.5. The molecule has 0 aliphatic carbocycles. The second-order valence-corrected chi connectivity index (χ2v) is 8.72. The van der Waals surface area contributed by atoms with Crippen LogP contribution in [0.3, 0.4) is 0 Å². The summed E-state index contributed by atoms with van der Waals surface area (Å²) in [6.45, 7) is -0.930. The number of benzene rings is 2. The van der Waals surface area contributed by atoms with E-state index in [4.69, 9.17) is 11.5 Å². The van der Waals surface area contributed by atoms with Crippen LogP contribution in [0.15, 0.2) is 48.5 Å². The lowest BCUT2D eigenvalue weighted by Crippen LogP contribution is -2.59. The number of carboxylic acid groups (broad SMARTS) is 1. The van der Waals surface area contributed by atoms with Crippen molar-refractivity contribution >= 4 is 29.6 Å². The molecule has 0 spiro atoms. The maximum Gasteiger partial charge on any atom is 0.326 e. The summed E-state index contributed by atoms with van der Waals surface area (Å²) in [6, 6.07) is 5.77. The first-order chi connectivity index (χ1) is 18.4. The second-order valence-electron chi connectivity index (χ2n) is 8.72. The Morgan fingerprint density at radius 1 is 0.692 bits per heavy atom. The number of phenolic OH excluding ortho intramolecular Hbond substituents is 2. The number of amides is 4. The van der Waals surface area contributed by atoms with Crippen molar-refractivity contribution in [2.45, 2.75) is 43.4 Å². The average molecular weight is 546 g/mol. The molecule has 0 aliphatic heterocycles. The number of aromatic hydroxyl groups is 2. The maximum atomic E-state index is 12.8. The molecule has 4 unspecified atom stereocenters. The Labute approximate surface area is 223 Å². The minimum atomic E-state index is -1.63. The van der Waals surface area contributed by atoms with Crippen molar-refractivity contribution in [3.63, 3.8) is 0 Å². The van der Waals surface area contributed by atoms with E-state index in [1.54, 1.807) is 12.1 Å². The summed E-state index contributed by atoms with van der Waals surface area (Å²) >= 11 is 0. The summed E-state index contributed by atoms with van der Waals surface area (Å²) in [5.41, 5.74) is 12.2. The van der Waals surface area contributed by atoms with E-state index in [1.807, 2.05) is 0 Å². The molecule has 0 saturated heterocycles. The third-order valence-corrected chi connectivity index (χ3v) is 5.57.